The summed E-state index contributed by atoms with van der Waals surface area (Å²) >= 11 is 0. The van der Waals surface area contributed by atoms with Gasteiger partial charge in [-0.2, -0.15) is 0 Å². The van der Waals surface area contributed by atoms with Crippen LogP contribution in [-0.4, -0.2) is 0 Å². The van der Waals surface area contributed by atoms with Crippen molar-refractivity contribution < 1.29 is 75.8 Å². The van der Waals surface area contributed by atoms with E-state index in [4.69, 9.17) is 0 Å². The van der Waals surface area contributed by atoms with E-state index >= 15 is 0 Å². The molecule has 0 rings (SSSR count). The van der Waals surface area contributed by atoms with Crippen LogP contribution < -0.4 is 18.9 Å². The van der Waals surface area contributed by atoms with E-state index in [0.717, 1.165) is 0 Å². The van der Waals surface area contributed by atoms with Crippen LogP contribution in [0.15, 0.2) is 0 Å². The fourth-order valence-corrected chi connectivity index (χ4v) is 0. The van der Waals surface area contributed by atoms with E-state index in [0.29, 0.717) is 0 Å². The summed E-state index contributed by atoms with van der Waals surface area (Å²) in [6, 6.07) is 0. The third-order valence-electron chi connectivity index (χ3n) is 0. The first-order valence-corrected chi connectivity index (χ1v) is 0. The molecular formula is LiNiO4V-5. The molecule has 0 unspecified atom stereocenters. The van der Waals surface area contributed by atoms with Crippen molar-refractivity contribution in [3.8, 4) is 0 Å². The van der Waals surface area contributed by atoms with Gasteiger partial charge in [0.05, 0.1) is 0 Å². The molecule has 0 aliphatic rings. The molecule has 4 nitrogen and oxygen atoms in total. The maximum absolute atomic E-state index is 0. The quantitative estimate of drug-likeness (QED) is 0.345. The smallest absolute Gasteiger partial charge is 2.00 e. The van der Waals surface area contributed by atoms with E-state index in [1.54, 1.807) is 0 Å². The molecule has 0 spiro atoms. The van der Waals surface area contributed by atoms with Gasteiger partial charge in [-0.25, -0.2) is 0 Å². The van der Waals surface area contributed by atoms with Crippen molar-refractivity contribution in [3.05, 3.63) is 0 Å². The van der Waals surface area contributed by atoms with Crippen LogP contribution >= 0.6 is 0 Å². The fourth-order valence-electron chi connectivity index (χ4n) is 0. The zero-order valence-electron chi connectivity index (χ0n) is 3.40. The van der Waals surface area contributed by atoms with Crippen molar-refractivity contribution in [2.75, 3.05) is 0 Å². The molecule has 0 aromatic rings. The van der Waals surface area contributed by atoms with Gasteiger partial charge in [-0.1, -0.05) is 0 Å². The van der Waals surface area contributed by atoms with Gasteiger partial charge >= 0.3 is 35.4 Å². The summed E-state index contributed by atoms with van der Waals surface area (Å²) in [7, 11) is 0. The first-order valence-electron chi connectivity index (χ1n) is 0. The van der Waals surface area contributed by atoms with Gasteiger partial charge in [-0.3, -0.25) is 0 Å². The Kier molecular flexibility index (Phi) is 4160. The van der Waals surface area contributed by atoms with Crippen LogP contribution in [0.3, 0.4) is 0 Å². The molecule has 0 atom stereocenters. The molecule has 0 saturated heterocycles. The summed E-state index contributed by atoms with van der Waals surface area (Å²) in [5.41, 5.74) is 0. The Morgan fingerprint density at radius 1 is 0.571 bits per heavy atom. The van der Waals surface area contributed by atoms with Gasteiger partial charge in [0.15, 0.2) is 0 Å². The molecule has 0 saturated carbocycles. The second-order valence-electron chi connectivity index (χ2n) is 0. The number of hydrogen-bond donors (Lipinski definition) is 0. The second kappa shape index (κ2) is 139. The van der Waals surface area contributed by atoms with Crippen LogP contribution in [0, 0.1) is 0 Å². The topological polar surface area (TPSA) is 114 Å². The Morgan fingerprint density at radius 3 is 0.571 bits per heavy atom. The Labute approximate surface area is 75.6 Å². The van der Waals surface area contributed by atoms with Gasteiger partial charge < -0.3 is 21.9 Å². The summed E-state index contributed by atoms with van der Waals surface area (Å²) in [5, 5.41) is 0. The van der Waals surface area contributed by atoms with Gasteiger partial charge in [0.2, 0.25) is 0 Å². The van der Waals surface area contributed by atoms with E-state index < -0.39 is 0 Å². The van der Waals surface area contributed by atoms with Crippen molar-refractivity contribution in [3.63, 3.8) is 0 Å². The SMILES string of the molecule is [Li+].[Ni+2].[O-2].[O-2].[O-2].[O-2].[V]. The van der Waals surface area contributed by atoms with Crippen molar-refractivity contribution in [2.24, 2.45) is 0 Å². The number of rotatable bonds is 0. The predicted octanol–water partition coefficient (Wildman–Crippen LogP) is -3.48. The largest absolute Gasteiger partial charge is 2.00 e. The van der Waals surface area contributed by atoms with Crippen LogP contribution in [0.1, 0.15) is 0 Å². The Balaban J connectivity index is 0. The van der Waals surface area contributed by atoms with E-state index in [9.17, 15) is 0 Å². The minimum absolute atomic E-state index is 0. The standard InChI is InChI=1S/Li.Ni.4O.V/q+1;+2;4*-2;. The van der Waals surface area contributed by atoms with E-state index in [1.165, 1.54) is 0 Å². The summed E-state index contributed by atoms with van der Waals surface area (Å²) < 4.78 is 0. The number of hydrogen-bond acceptors (Lipinski definition) is 0. The molecule has 1 radical (unpaired) electrons. The summed E-state index contributed by atoms with van der Waals surface area (Å²) in [4.78, 5) is 0. The minimum atomic E-state index is 0. The molecule has 0 heterocycles. The molecule has 0 aliphatic heterocycles. The molecule has 0 fully saturated rings. The van der Waals surface area contributed by atoms with Crippen LogP contribution in [-0.2, 0) is 57.0 Å². The maximum Gasteiger partial charge on any atom is 2.00 e. The second-order valence-corrected chi connectivity index (χ2v) is 0. The molecule has 0 aromatic carbocycles. The average molecular weight is 181 g/mol. The Hall–Kier alpha value is 1.52. The van der Waals surface area contributed by atoms with E-state index in [2.05, 4.69) is 0 Å². The zero-order valence-corrected chi connectivity index (χ0v) is 5.78. The van der Waals surface area contributed by atoms with Gasteiger partial charge in [0, 0.05) is 18.6 Å². The monoisotopic (exact) mass is 180 g/mol. The maximum atomic E-state index is 0. The van der Waals surface area contributed by atoms with Gasteiger partial charge in [0.25, 0.3) is 0 Å². The van der Waals surface area contributed by atoms with E-state index in [-0.39, 0.29) is 75.8 Å². The first kappa shape index (κ1) is 209. The molecule has 0 aliphatic carbocycles. The summed E-state index contributed by atoms with van der Waals surface area (Å²) in [6.45, 7) is 0. The van der Waals surface area contributed by atoms with Crippen molar-refractivity contribution >= 4 is 0 Å². The third-order valence-corrected chi connectivity index (χ3v) is 0. The first-order chi connectivity index (χ1) is 0. The van der Waals surface area contributed by atoms with Crippen LogP contribution in [0.5, 0.6) is 0 Å². The van der Waals surface area contributed by atoms with Gasteiger partial charge in [-0.15, -0.1) is 0 Å². The third kappa shape index (κ3) is 99.6. The zero-order chi connectivity index (χ0) is 0. The van der Waals surface area contributed by atoms with Crippen LogP contribution in [0.2, 0.25) is 0 Å². The Morgan fingerprint density at radius 2 is 0.571 bits per heavy atom. The summed E-state index contributed by atoms with van der Waals surface area (Å²) in [6.07, 6.45) is 0. The van der Waals surface area contributed by atoms with Crippen molar-refractivity contribution in [1.82, 2.24) is 0 Å². The molecule has 7 heteroatoms. The van der Waals surface area contributed by atoms with Crippen molar-refractivity contribution in [2.45, 2.75) is 0 Å². The average Bonchev–Trinajstić information content (AvgIpc) is 0. The summed E-state index contributed by atoms with van der Waals surface area (Å²) in [5.74, 6) is 0. The molecule has 45 valence electrons. The molecule has 0 bridgehead atoms. The molecule has 0 amide bonds. The van der Waals surface area contributed by atoms with Gasteiger partial charge in [0.1, 0.15) is 0 Å². The molecule has 0 N–H and O–H groups in total. The normalized spacial score (nSPS) is 0. The Bertz CT molecular complexity index is 11.7. The van der Waals surface area contributed by atoms with Crippen LogP contribution in [0.4, 0.5) is 0 Å². The van der Waals surface area contributed by atoms with Gasteiger partial charge in [-0.05, 0) is 0 Å². The molecule has 0 aromatic heterocycles. The fraction of sp³-hybridized carbons (Fsp3) is 0. The molecule has 7 heavy (non-hydrogen) atoms. The molecular weight excluding hydrogens is 181 g/mol. The van der Waals surface area contributed by atoms with Crippen molar-refractivity contribution in [1.29, 1.82) is 0 Å². The van der Waals surface area contributed by atoms with E-state index in [1.807, 2.05) is 0 Å². The van der Waals surface area contributed by atoms with Crippen LogP contribution in [0.25, 0.3) is 0 Å². The predicted molar refractivity (Wildman–Crippen MR) is 2.75 cm³/mol. The minimum Gasteiger partial charge on any atom is -2.00 e.